The second kappa shape index (κ2) is 9.02. The third-order valence-electron chi connectivity index (χ3n) is 5.27. The summed E-state index contributed by atoms with van der Waals surface area (Å²) in [6.45, 7) is 7.39. The van der Waals surface area contributed by atoms with E-state index < -0.39 is 5.97 Å². The monoisotopic (exact) mass is 380 g/mol. The van der Waals surface area contributed by atoms with Gasteiger partial charge in [0.2, 0.25) is 0 Å². The molecule has 0 unspecified atom stereocenters. The van der Waals surface area contributed by atoms with Crippen LogP contribution in [0.4, 0.5) is 5.69 Å². The fourth-order valence-electron chi connectivity index (χ4n) is 3.65. The van der Waals surface area contributed by atoms with Gasteiger partial charge in [-0.25, -0.2) is 4.79 Å². The van der Waals surface area contributed by atoms with E-state index in [9.17, 15) is 9.59 Å². The summed E-state index contributed by atoms with van der Waals surface area (Å²) in [5, 5.41) is 2.90. The molecule has 0 spiro atoms. The second-order valence-corrected chi connectivity index (χ2v) is 7.65. The molecule has 2 aromatic carbocycles. The number of anilines is 1. The first kappa shape index (κ1) is 20.1. The molecule has 0 bridgehead atoms. The third-order valence-corrected chi connectivity index (χ3v) is 5.27. The SMILES string of the molecule is COC(=O)c1ccc(C)c(NC(=O)c2ccc(CN3CCC[C@@H](C)C3)cc2)c1. The van der Waals surface area contributed by atoms with Crippen LogP contribution in [-0.4, -0.2) is 37.0 Å². The number of rotatable bonds is 5. The highest BCUT2D eigenvalue weighted by Crippen LogP contribution is 2.20. The fraction of sp³-hybridized carbons (Fsp3) is 0.391. The number of benzene rings is 2. The smallest absolute Gasteiger partial charge is 0.337 e. The van der Waals surface area contributed by atoms with Gasteiger partial charge in [0, 0.05) is 24.3 Å². The lowest BCUT2D eigenvalue weighted by Crippen LogP contribution is -2.33. The maximum Gasteiger partial charge on any atom is 0.337 e. The van der Waals surface area contributed by atoms with E-state index in [1.807, 2.05) is 31.2 Å². The first-order chi connectivity index (χ1) is 13.5. The number of likely N-dealkylation sites (tertiary alicyclic amines) is 1. The van der Waals surface area contributed by atoms with Crippen molar-refractivity contribution < 1.29 is 14.3 Å². The maximum atomic E-state index is 12.6. The molecule has 0 radical (unpaired) electrons. The van der Waals surface area contributed by atoms with Crippen LogP contribution < -0.4 is 5.32 Å². The first-order valence-electron chi connectivity index (χ1n) is 9.78. The average molecular weight is 380 g/mol. The highest BCUT2D eigenvalue weighted by molar-refractivity contribution is 6.05. The van der Waals surface area contributed by atoms with Crippen LogP contribution >= 0.6 is 0 Å². The van der Waals surface area contributed by atoms with E-state index in [0.29, 0.717) is 16.8 Å². The number of esters is 1. The number of hydrogen-bond donors (Lipinski definition) is 1. The normalized spacial score (nSPS) is 17.2. The lowest BCUT2D eigenvalue weighted by Gasteiger charge is -2.30. The van der Waals surface area contributed by atoms with Crippen molar-refractivity contribution in [2.24, 2.45) is 5.92 Å². The Morgan fingerprint density at radius 2 is 1.86 bits per heavy atom. The van der Waals surface area contributed by atoms with Gasteiger partial charge < -0.3 is 10.1 Å². The Morgan fingerprint density at radius 1 is 1.14 bits per heavy atom. The van der Waals surface area contributed by atoms with Crippen molar-refractivity contribution in [2.45, 2.75) is 33.2 Å². The number of ether oxygens (including phenoxy) is 1. The molecule has 5 nitrogen and oxygen atoms in total. The van der Waals surface area contributed by atoms with Crippen LogP contribution in [0.5, 0.6) is 0 Å². The summed E-state index contributed by atoms with van der Waals surface area (Å²) in [7, 11) is 1.34. The van der Waals surface area contributed by atoms with Crippen molar-refractivity contribution >= 4 is 17.6 Å². The van der Waals surface area contributed by atoms with E-state index in [1.54, 1.807) is 18.2 Å². The van der Waals surface area contributed by atoms with E-state index in [0.717, 1.165) is 31.1 Å². The molecule has 0 aliphatic carbocycles. The van der Waals surface area contributed by atoms with Crippen LogP contribution in [0.3, 0.4) is 0 Å². The number of nitrogens with one attached hydrogen (secondary N) is 1. The summed E-state index contributed by atoms with van der Waals surface area (Å²) in [4.78, 5) is 26.8. The Bertz CT molecular complexity index is 845. The summed E-state index contributed by atoms with van der Waals surface area (Å²) in [5.74, 6) is 0.137. The highest BCUT2D eigenvalue weighted by Gasteiger charge is 2.16. The second-order valence-electron chi connectivity index (χ2n) is 7.65. The van der Waals surface area contributed by atoms with E-state index >= 15 is 0 Å². The minimum Gasteiger partial charge on any atom is -0.465 e. The number of nitrogens with zero attached hydrogens (tertiary/aromatic N) is 1. The van der Waals surface area contributed by atoms with Crippen LogP contribution in [0, 0.1) is 12.8 Å². The Labute approximate surface area is 166 Å². The van der Waals surface area contributed by atoms with Gasteiger partial charge in [-0.15, -0.1) is 0 Å². The molecule has 3 rings (SSSR count). The predicted octanol–water partition coefficient (Wildman–Crippen LogP) is 4.27. The van der Waals surface area contributed by atoms with Crippen molar-refractivity contribution in [2.75, 3.05) is 25.5 Å². The molecule has 148 valence electrons. The number of carbonyl (C=O) groups is 2. The van der Waals surface area contributed by atoms with Gasteiger partial charge in [-0.05, 0) is 67.6 Å². The number of aryl methyl sites for hydroxylation is 1. The fourth-order valence-corrected chi connectivity index (χ4v) is 3.65. The van der Waals surface area contributed by atoms with E-state index in [4.69, 9.17) is 4.74 Å². The quantitative estimate of drug-likeness (QED) is 0.787. The Kier molecular flexibility index (Phi) is 6.47. The Balaban J connectivity index is 1.65. The molecule has 1 aliphatic rings. The summed E-state index contributed by atoms with van der Waals surface area (Å²) in [6, 6.07) is 12.9. The first-order valence-corrected chi connectivity index (χ1v) is 9.78. The van der Waals surface area contributed by atoms with Gasteiger partial charge in [-0.2, -0.15) is 0 Å². The highest BCUT2D eigenvalue weighted by atomic mass is 16.5. The number of hydrogen-bond acceptors (Lipinski definition) is 4. The summed E-state index contributed by atoms with van der Waals surface area (Å²) in [6.07, 6.45) is 2.57. The predicted molar refractivity (Wildman–Crippen MR) is 111 cm³/mol. The van der Waals surface area contributed by atoms with Gasteiger partial charge >= 0.3 is 5.97 Å². The molecular weight excluding hydrogens is 352 g/mol. The Morgan fingerprint density at radius 3 is 2.54 bits per heavy atom. The molecule has 1 aliphatic heterocycles. The molecule has 2 aromatic rings. The number of carbonyl (C=O) groups excluding carboxylic acids is 2. The number of methoxy groups -OCH3 is 1. The average Bonchev–Trinajstić information content (AvgIpc) is 2.69. The van der Waals surface area contributed by atoms with Gasteiger partial charge in [-0.1, -0.05) is 25.1 Å². The van der Waals surface area contributed by atoms with Crippen molar-refractivity contribution in [1.29, 1.82) is 0 Å². The van der Waals surface area contributed by atoms with Crippen molar-refractivity contribution in [3.05, 3.63) is 64.7 Å². The van der Waals surface area contributed by atoms with Crippen LogP contribution in [0.25, 0.3) is 0 Å². The van der Waals surface area contributed by atoms with Gasteiger partial charge in [-0.3, -0.25) is 9.69 Å². The van der Waals surface area contributed by atoms with Crippen molar-refractivity contribution in [3.63, 3.8) is 0 Å². The van der Waals surface area contributed by atoms with Crippen LogP contribution in [-0.2, 0) is 11.3 Å². The molecule has 1 saturated heterocycles. The topological polar surface area (TPSA) is 58.6 Å². The van der Waals surface area contributed by atoms with Gasteiger partial charge in [0.1, 0.15) is 0 Å². The lowest BCUT2D eigenvalue weighted by atomic mass is 9.99. The van der Waals surface area contributed by atoms with E-state index in [-0.39, 0.29) is 5.91 Å². The zero-order valence-corrected chi connectivity index (χ0v) is 16.8. The molecule has 1 amide bonds. The molecule has 1 fully saturated rings. The summed E-state index contributed by atoms with van der Waals surface area (Å²) < 4.78 is 4.75. The molecule has 0 aromatic heterocycles. The minimum absolute atomic E-state index is 0.191. The largest absolute Gasteiger partial charge is 0.465 e. The van der Waals surface area contributed by atoms with Crippen molar-refractivity contribution in [1.82, 2.24) is 4.90 Å². The van der Waals surface area contributed by atoms with Crippen LogP contribution in [0.1, 0.15) is 51.6 Å². The van der Waals surface area contributed by atoms with Gasteiger partial charge in [0.05, 0.1) is 12.7 Å². The van der Waals surface area contributed by atoms with Crippen LogP contribution in [0.15, 0.2) is 42.5 Å². The van der Waals surface area contributed by atoms with Crippen LogP contribution in [0.2, 0.25) is 0 Å². The Hall–Kier alpha value is -2.66. The zero-order valence-electron chi connectivity index (χ0n) is 16.8. The third kappa shape index (κ3) is 4.98. The summed E-state index contributed by atoms with van der Waals surface area (Å²) >= 11 is 0. The number of amides is 1. The maximum absolute atomic E-state index is 12.6. The molecule has 28 heavy (non-hydrogen) atoms. The van der Waals surface area contributed by atoms with Gasteiger partial charge in [0.25, 0.3) is 5.91 Å². The molecule has 1 N–H and O–H groups in total. The molecule has 0 saturated carbocycles. The van der Waals surface area contributed by atoms with E-state index in [1.165, 1.54) is 25.5 Å². The van der Waals surface area contributed by atoms with Crippen molar-refractivity contribution in [3.8, 4) is 0 Å². The lowest BCUT2D eigenvalue weighted by molar-refractivity contribution is 0.0600. The zero-order chi connectivity index (χ0) is 20.1. The molecular formula is C23H28N2O3. The van der Waals surface area contributed by atoms with E-state index in [2.05, 4.69) is 17.1 Å². The standard InChI is InChI=1S/C23H28N2O3/c1-16-5-4-12-25(14-16)15-18-7-10-19(11-8-18)22(26)24-21-13-20(23(27)28-3)9-6-17(21)2/h6-11,13,16H,4-5,12,14-15H2,1-3H3,(H,24,26)/t16-/m1/s1. The minimum atomic E-state index is -0.424. The summed E-state index contributed by atoms with van der Waals surface area (Å²) in [5.41, 5.74) is 3.72. The molecule has 1 heterocycles. The number of piperidine rings is 1. The molecule has 5 heteroatoms. The molecule has 1 atom stereocenters. The van der Waals surface area contributed by atoms with Gasteiger partial charge in [0.15, 0.2) is 0 Å².